The molecule has 4 heteroatoms. The molecular weight excluding hydrogens is 280 g/mol. The van der Waals surface area contributed by atoms with Gasteiger partial charge in [0.05, 0.1) is 25.9 Å². The largest absolute Gasteiger partial charge is 0.396 e. The molecule has 4 nitrogen and oxygen atoms in total. The first-order chi connectivity index (χ1) is 10.4. The molecule has 0 amide bonds. The van der Waals surface area contributed by atoms with E-state index in [0.29, 0.717) is 11.8 Å². The Balaban J connectivity index is 1.62. The van der Waals surface area contributed by atoms with Crippen LogP contribution in [0.3, 0.4) is 0 Å². The summed E-state index contributed by atoms with van der Waals surface area (Å²) < 4.78 is 12.4. The van der Waals surface area contributed by atoms with E-state index < -0.39 is 17.3 Å². The van der Waals surface area contributed by atoms with Gasteiger partial charge in [-0.1, -0.05) is 26.0 Å². The number of hydrogen-bond donors (Lipinski definition) is 2. The van der Waals surface area contributed by atoms with E-state index in [1.807, 2.05) is 0 Å². The van der Waals surface area contributed by atoms with E-state index in [4.69, 9.17) is 9.47 Å². The SMILES string of the molecule is CC1(C)COC2(C[C@H]3[C@@H](C2)[C@]2(CO)CC=CC[C@H]3C2O)OC1. The van der Waals surface area contributed by atoms with Gasteiger partial charge in [-0.3, -0.25) is 0 Å². The zero-order chi connectivity index (χ0) is 15.6. The Kier molecular flexibility index (Phi) is 3.29. The fraction of sp³-hybridized carbons (Fsp3) is 0.889. The van der Waals surface area contributed by atoms with E-state index in [-0.39, 0.29) is 17.9 Å². The number of aliphatic hydroxyl groups excluding tert-OH is 2. The topological polar surface area (TPSA) is 58.9 Å². The zero-order valence-corrected chi connectivity index (χ0v) is 13.6. The van der Waals surface area contributed by atoms with Crippen molar-refractivity contribution < 1.29 is 19.7 Å². The molecule has 0 aromatic rings. The van der Waals surface area contributed by atoms with Gasteiger partial charge in [-0.15, -0.1) is 0 Å². The fourth-order valence-corrected chi connectivity index (χ4v) is 5.41. The van der Waals surface area contributed by atoms with Gasteiger partial charge in [0.25, 0.3) is 0 Å². The highest BCUT2D eigenvalue weighted by molar-refractivity contribution is 5.17. The summed E-state index contributed by atoms with van der Waals surface area (Å²) in [7, 11) is 0. The van der Waals surface area contributed by atoms with Crippen molar-refractivity contribution in [3.8, 4) is 0 Å². The van der Waals surface area contributed by atoms with Gasteiger partial charge in [-0.05, 0) is 30.6 Å². The molecule has 1 aliphatic heterocycles. The Morgan fingerprint density at radius 1 is 1.09 bits per heavy atom. The first-order valence-electron chi connectivity index (χ1n) is 8.63. The van der Waals surface area contributed by atoms with Gasteiger partial charge in [-0.25, -0.2) is 0 Å². The molecule has 1 saturated heterocycles. The van der Waals surface area contributed by atoms with Crippen molar-refractivity contribution in [1.82, 2.24) is 0 Å². The molecule has 3 aliphatic carbocycles. The number of rotatable bonds is 1. The van der Waals surface area contributed by atoms with Crippen molar-refractivity contribution >= 4 is 0 Å². The fourth-order valence-electron chi connectivity index (χ4n) is 5.41. The molecular formula is C18H28O4. The second-order valence-corrected chi connectivity index (χ2v) is 8.74. The van der Waals surface area contributed by atoms with Crippen molar-refractivity contribution in [2.75, 3.05) is 19.8 Å². The van der Waals surface area contributed by atoms with Gasteiger partial charge in [0.2, 0.25) is 0 Å². The number of aliphatic hydroxyl groups is 2. The first kappa shape index (κ1) is 15.1. The Morgan fingerprint density at radius 2 is 1.82 bits per heavy atom. The predicted octanol–water partition coefficient (Wildman–Crippen LogP) is 2.10. The lowest BCUT2D eigenvalue weighted by molar-refractivity contribution is -0.300. The summed E-state index contributed by atoms with van der Waals surface area (Å²) in [6.45, 7) is 5.84. The average Bonchev–Trinajstić information content (AvgIpc) is 2.86. The maximum Gasteiger partial charge on any atom is 0.168 e. The van der Waals surface area contributed by atoms with Crippen LogP contribution in [0.1, 0.15) is 39.5 Å². The number of hydrogen-bond acceptors (Lipinski definition) is 4. The second-order valence-electron chi connectivity index (χ2n) is 8.74. The second kappa shape index (κ2) is 4.79. The lowest BCUT2D eigenvalue weighted by Crippen LogP contribution is -2.48. The van der Waals surface area contributed by atoms with E-state index in [1.165, 1.54) is 0 Å². The van der Waals surface area contributed by atoms with Gasteiger partial charge in [-0.2, -0.15) is 0 Å². The van der Waals surface area contributed by atoms with Crippen LogP contribution in [0.15, 0.2) is 12.2 Å². The zero-order valence-electron chi connectivity index (χ0n) is 13.6. The lowest BCUT2D eigenvalue weighted by atomic mass is 9.72. The van der Waals surface area contributed by atoms with Crippen molar-refractivity contribution in [3.63, 3.8) is 0 Å². The lowest BCUT2D eigenvalue weighted by Gasteiger charge is -2.44. The van der Waals surface area contributed by atoms with Crippen molar-refractivity contribution in [3.05, 3.63) is 12.2 Å². The minimum atomic E-state index is -0.478. The van der Waals surface area contributed by atoms with Crippen LogP contribution in [0.5, 0.6) is 0 Å². The molecule has 4 aliphatic rings. The monoisotopic (exact) mass is 308 g/mol. The quantitative estimate of drug-likeness (QED) is 0.728. The Bertz CT molecular complexity index is 475. The molecule has 22 heavy (non-hydrogen) atoms. The minimum absolute atomic E-state index is 0.0533. The molecule has 2 N–H and O–H groups in total. The third kappa shape index (κ3) is 1.97. The van der Waals surface area contributed by atoms with Crippen LogP contribution in [0.25, 0.3) is 0 Å². The molecule has 0 aromatic heterocycles. The average molecular weight is 308 g/mol. The third-order valence-electron chi connectivity index (χ3n) is 6.70. The van der Waals surface area contributed by atoms with E-state index in [0.717, 1.165) is 38.9 Å². The highest BCUT2D eigenvalue weighted by atomic mass is 16.7. The predicted molar refractivity (Wildman–Crippen MR) is 82.0 cm³/mol. The maximum atomic E-state index is 10.8. The Labute approximate surface area is 132 Å². The van der Waals surface area contributed by atoms with Gasteiger partial charge in [0.1, 0.15) is 0 Å². The van der Waals surface area contributed by atoms with Gasteiger partial charge >= 0.3 is 0 Å². The molecule has 4 rings (SSSR count). The van der Waals surface area contributed by atoms with Crippen LogP contribution >= 0.6 is 0 Å². The van der Waals surface area contributed by atoms with Crippen LogP contribution in [-0.2, 0) is 9.47 Å². The number of fused-ring (bicyclic) bond motifs is 5. The Hall–Kier alpha value is -0.420. The molecule has 1 heterocycles. The molecule has 3 fully saturated rings. The van der Waals surface area contributed by atoms with E-state index >= 15 is 0 Å². The van der Waals surface area contributed by atoms with Crippen LogP contribution in [0, 0.1) is 28.6 Å². The summed E-state index contributed by atoms with van der Waals surface area (Å²) in [6, 6.07) is 0. The molecule has 5 atom stereocenters. The molecule has 0 radical (unpaired) electrons. The highest BCUT2D eigenvalue weighted by Crippen LogP contribution is 2.64. The molecule has 0 aromatic carbocycles. The van der Waals surface area contributed by atoms with E-state index in [1.54, 1.807) is 0 Å². The summed E-state index contributed by atoms with van der Waals surface area (Å²) in [5.74, 6) is 0.447. The van der Waals surface area contributed by atoms with Gasteiger partial charge < -0.3 is 19.7 Å². The number of allylic oxidation sites excluding steroid dienone is 2. The van der Waals surface area contributed by atoms with Crippen LogP contribution < -0.4 is 0 Å². The number of ether oxygens (including phenoxy) is 2. The maximum absolute atomic E-state index is 10.8. The molecule has 2 saturated carbocycles. The summed E-state index contributed by atoms with van der Waals surface area (Å²) >= 11 is 0. The summed E-state index contributed by atoms with van der Waals surface area (Å²) in [5.41, 5.74) is -0.322. The van der Waals surface area contributed by atoms with Crippen LogP contribution in [-0.4, -0.2) is 41.9 Å². The summed E-state index contributed by atoms with van der Waals surface area (Å²) in [5, 5.41) is 20.9. The third-order valence-corrected chi connectivity index (χ3v) is 6.70. The normalized spacial score (nSPS) is 48.4. The molecule has 1 unspecified atom stereocenters. The minimum Gasteiger partial charge on any atom is -0.396 e. The standard InChI is InChI=1S/C18H28O4/c1-16(2)10-21-18(22-11-16)7-13-12-5-3-4-6-17(9-19,15(12)20)14(13)8-18/h3-4,12-15,19-20H,5-11H2,1-2H3/t12-,13-,14-,15?,17-/m1/s1. The molecule has 124 valence electrons. The van der Waals surface area contributed by atoms with E-state index in [2.05, 4.69) is 26.0 Å². The smallest absolute Gasteiger partial charge is 0.168 e. The highest BCUT2D eigenvalue weighted by Gasteiger charge is 2.66. The molecule has 1 spiro atoms. The Morgan fingerprint density at radius 3 is 2.50 bits per heavy atom. The van der Waals surface area contributed by atoms with Crippen molar-refractivity contribution in [2.45, 2.75) is 51.4 Å². The molecule has 2 bridgehead atoms. The van der Waals surface area contributed by atoms with Crippen molar-refractivity contribution in [1.29, 1.82) is 0 Å². The van der Waals surface area contributed by atoms with Crippen molar-refractivity contribution in [2.24, 2.45) is 28.6 Å². The van der Waals surface area contributed by atoms with Gasteiger partial charge in [0, 0.05) is 23.7 Å². The van der Waals surface area contributed by atoms with Crippen LogP contribution in [0.2, 0.25) is 0 Å². The van der Waals surface area contributed by atoms with Gasteiger partial charge in [0.15, 0.2) is 5.79 Å². The van der Waals surface area contributed by atoms with Crippen LogP contribution in [0.4, 0.5) is 0 Å². The first-order valence-corrected chi connectivity index (χ1v) is 8.63. The summed E-state index contributed by atoms with van der Waals surface area (Å²) in [6.07, 6.45) is 7.28. The van der Waals surface area contributed by atoms with E-state index in [9.17, 15) is 10.2 Å². The summed E-state index contributed by atoms with van der Waals surface area (Å²) in [4.78, 5) is 0.